The first-order valence-corrected chi connectivity index (χ1v) is 8.23. The molecule has 10 heteroatoms. The van der Waals surface area contributed by atoms with Crippen LogP contribution in [0.3, 0.4) is 0 Å². The molecule has 0 saturated heterocycles. The van der Waals surface area contributed by atoms with Crippen molar-refractivity contribution in [3.63, 3.8) is 0 Å². The number of nitrogens with zero attached hydrogens (tertiary/aromatic N) is 1. The van der Waals surface area contributed by atoms with Crippen LogP contribution in [-0.2, 0) is 17.9 Å². The van der Waals surface area contributed by atoms with Crippen LogP contribution < -0.4 is 21.9 Å². The number of amides is 1. The Bertz CT molecular complexity index is 991. The van der Waals surface area contributed by atoms with Crippen molar-refractivity contribution >= 4 is 28.4 Å². The number of aromatic carboxylic acids is 1. The fourth-order valence-corrected chi connectivity index (χ4v) is 3.02. The number of carbonyl (C=O) groups excluding carboxylic acids is 1. The third kappa shape index (κ3) is 3.98. The molecule has 0 fully saturated rings. The maximum Gasteiger partial charge on any atom is 0.407 e. The summed E-state index contributed by atoms with van der Waals surface area (Å²) in [4.78, 5) is 45.5. The van der Waals surface area contributed by atoms with Gasteiger partial charge >= 0.3 is 23.2 Å². The van der Waals surface area contributed by atoms with E-state index >= 15 is 0 Å². The summed E-state index contributed by atoms with van der Waals surface area (Å²) in [5.74, 6) is -1.22. The molecule has 0 aliphatic heterocycles. The molecule has 0 bridgehead atoms. The van der Waals surface area contributed by atoms with E-state index in [1.807, 2.05) is 30.3 Å². The molecule has 0 saturated carbocycles. The number of carboxylic acids is 1. The largest absolute Gasteiger partial charge is 0.478 e. The molecule has 0 unspecified atom stereocenters. The van der Waals surface area contributed by atoms with Gasteiger partial charge in [0.2, 0.25) is 0 Å². The molecule has 0 atom stereocenters. The minimum absolute atomic E-state index is 0.0438. The summed E-state index contributed by atoms with van der Waals surface area (Å²) >= 11 is 1.01. The lowest BCUT2D eigenvalue weighted by molar-refractivity contribution is 0.0698. The van der Waals surface area contributed by atoms with Crippen LogP contribution >= 0.6 is 11.3 Å². The third-order valence-electron chi connectivity index (χ3n) is 3.39. The van der Waals surface area contributed by atoms with Crippen molar-refractivity contribution in [2.24, 2.45) is 0 Å². The molecule has 1 amide bonds. The lowest BCUT2D eigenvalue weighted by Gasteiger charge is -2.06. The quantitative estimate of drug-likeness (QED) is 0.529. The summed E-state index contributed by atoms with van der Waals surface area (Å²) in [5, 5.41) is 11.8. The Morgan fingerprint density at radius 2 is 1.85 bits per heavy atom. The SMILES string of the molecule is O=C(NCc1cc(C(=O)O)c(Nn2c(=O)c2=O)s1)OCc1ccccc1. The van der Waals surface area contributed by atoms with Crippen molar-refractivity contribution in [2.75, 3.05) is 5.43 Å². The Hall–Kier alpha value is -3.40. The van der Waals surface area contributed by atoms with Gasteiger partial charge in [0.05, 0.1) is 12.1 Å². The van der Waals surface area contributed by atoms with E-state index in [0.29, 0.717) is 9.55 Å². The highest BCUT2D eigenvalue weighted by Crippen LogP contribution is 2.28. The fourth-order valence-electron chi connectivity index (χ4n) is 2.04. The Morgan fingerprint density at radius 3 is 2.46 bits per heavy atom. The van der Waals surface area contributed by atoms with Crippen LogP contribution in [-0.4, -0.2) is 21.8 Å². The number of hydrogen-bond acceptors (Lipinski definition) is 7. The molecule has 134 valence electrons. The summed E-state index contributed by atoms with van der Waals surface area (Å²) < 4.78 is 5.77. The van der Waals surface area contributed by atoms with Crippen LogP contribution in [0, 0.1) is 0 Å². The van der Waals surface area contributed by atoms with Gasteiger partial charge in [0, 0.05) is 4.88 Å². The molecule has 0 aliphatic carbocycles. The topological polar surface area (TPSA) is 127 Å². The number of carbonyl (C=O) groups is 2. The highest BCUT2D eigenvalue weighted by molar-refractivity contribution is 7.16. The van der Waals surface area contributed by atoms with Crippen LogP contribution in [0.25, 0.3) is 0 Å². The highest BCUT2D eigenvalue weighted by Gasteiger charge is 2.21. The standard InChI is InChI=1S/C16H13N3O6S/c20-13-14(21)19(13)18-12-11(15(22)23)6-10(26-12)7-17-16(24)25-8-9-4-2-1-3-5-9/h1-6,18H,7-8H2,(H,17,24)(H,22,23). The molecule has 26 heavy (non-hydrogen) atoms. The van der Waals surface area contributed by atoms with E-state index in [9.17, 15) is 24.3 Å². The maximum atomic E-state index is 11.7. The molecule has 9 nitrogen and oxygen atoms in total. The Kier molecular flexibility index (Phi) is 4.85. The first-order valence-electron chi connectivity index (χ1n) is 7.41. The number of anilines is 1. The minimum Gasteiger partial charge on any atom is -0.478 e. The van der Waals surface area contributed by atoms with E-state index < -0.39 is 23.2 Å². The molecule has 1 aromatic carbocycles. The molecular formula is C16H13N3O6S. The van der Waals surface area contributed by atoms with Gasteiger partial charge in [-0.25, -0.2) is 9.59 Å². The van der Waals surface area contributed by atoms with E-state index in [4.69, 9.17) is 4.74 Å². The van der Waals surface area contributed by atoms with Crippen LogP contribution in [0.2, 0.25) is 0 Å². The second kappa shape index (κ2) is 7.23. The summed E-state index contributed by atoms with van der Waals surface area (Å²) in [5.41, 5.74) is 1.71. The van der Waals surface area contributed by atoms with Crippen LogP contribution in [0.5, 0.6) is 0 Å². The highest BCUT2D eigenvalue weighted by atomic mass is 32.1. The molecule has 3 rings (SSSR count). The molecule has 0 aliphatic rings. The van der Waals surface area contributed by atoms with Crippen molar-refractivity contribution in [3.05, 3.63) is 73.1 Å². The van der Waals surface area contributed by atoms with Crippen molar-refractivity contribution in [1.82, 2.24) is 9.99 Å². The Balaban J connectivity index is 1.58. The average molecular weight is 375 g/mol. The zero-order valence-corrected chi connectivity index (χ0v) is 14.0. The smallest absolute Gasteiger partial charge is 0.407 e. The molecule has 0 radical (unpaired) electrons. The maximum absolute atomic E-state index is 11.7. The number of aromatic nitrogens is 1. The number of ether oxygens (including phenoxy) is 1. The molecular weight excluding hydrogens is 362 g/mol. The zero-order valence-electron chi connectivity index (χ0n) is 13.2. The van der Waals surface area contributed by atoms with Gasteiger partial charge in [0.25, 0.3) is 0 Å². The lowest BCUT2D eigenvalue weighted by atomic mass is 10.2. The van der Waals surface area contributed by atoms with Crippen LogP contribution in [0.15, 0.2) is 46.0 Å². The van der Waals surface area contributed by atoms with Crippen molar-refractivity contribution < 1.29 is 19.4 Å². The summed E-state index contributed by atoms with van der Waals surface area (Å²) in [6.07, 6.45) is -0.648. The lowest BCUT2D eigenvalue weighted by Crippen LogP contribution is -2.23. The summed E-state index contributed by atoms with van der Waals surface area (Å²) in [7, 11) is 0. The van der Waals surface area contributed by atoms with Crippen molar-refractivity contribution in [2.45, 2.75) is 13.2 Å². The Labute approximate surface area is 150 Å². The van der Waals surface area contributed by atoms with Gasteiger partial charge in [0.15, 0.2) is 0 Å². The fraction of sp³-hybridized carbons (Fsp3) is 0.125. The van der Waals surface area contributed by atoms with Gasteiger partial charge < -0.3 is 15.2 Å². The normalized spacial score (nSPS) is 10.6. The summed E-state index contributed by atoms with van der Waals surface area (Å²) in [6, 6.07) is 10.5. The van der Waals surface area contributed by atoms with Crippen molar-refractivity contribution in [3.8, 4) is 0 Å². The number of thiophene rings is 1. The first-order chi connectivity index (χ1) is 12.5. The predicted octanol–water partition coefficient (Wildman–Crippen LogP) is 1.15. The number of benzene rings is 1. The van der Waals surface area contributed by atoms with E-state index in [-0.39, 0.29) is 23.7 Å². The Morgan fingerprint density at radius 1 is 1.15 bits per heavy atom. The van der Waals surface area contributed by atoms with E-state index in [1.165, 1.54) is 6.07 Å². The van der Waals surface area contributed by atoms with Gasteiger partial charge in [0.1, 0.15) is 11.6 Å². The van der Waals surface area contributed by atoms with Gasteiger partial charge in [-0.3, -0.25) is 15.0 Å². The molecule has 2 heterocycles. The van der Waals surface area contributed by atoms with Gasteiger partial charge in [-0.05, 0) is 11.6 Å². The van der Waals surface area contributed by atoms with Crippen molar-refractivity contribution in [1.29, 1.82) is 0 Å². The van der Waals surface area contributed by atoms with E-state index in [1.54, 1.807) is 0 Å². The first kappa shape index (κ1) is 17.4. The van der Waals surface area contributed by atoms with Gasteiger partial charge in [-0.2, -0.15) is 4.68 Å². The van der Waals surface area contributed by atoms with Crippen LogP contribution in [0.4, 0.5) is 9.80 Å². The number of carboxylic acid groups (broad SMARTS) is 1. The van der Waals surface area contributed by atoms with Crippen LogP contribution in [0.1, 0.15) is 20.8 Å². The van der Waals surface area contributed by atoms with Gasteiger partial charge in [-0.1, -0.05) is 30.3 Å². The second-order valence-electron chi connectivity index (χ2n) is 5.23. The number of nitrogens with one attached hydrogen (secondary N) is 2. The number of hydrogen-bond donors (Lipinski definition) is 3. The average Bonchev–Trinajstić information content (AvgIpc) is 3.03. The van der Waals surface area contributed by atoms with Gasteiger partial charge in [-0.15, -0.1) is 11.3 Å². The monoisotopic (exact) mass is 375 g/mol. The second-order valence-corrected chi connectivity index (χ2v) is 6.37. The third-order valence-corrected chi connectivity index (χ3v) is 4.43. The molecule has 3 N–H and O–H groups in total. The summed E-state index contributed by atoms with van der Waals surface area (Å²) in [6.45, 7) is 0.158. The zero-order chi connectivity index (χ0) is 18.7. The molecule has 0 spiro atoms. The minimum atomic E-state index is -1.22. The molecule has 2 aromatic heterocycles. The predicted molar refractivity (Wildman–Crippen MR) is 93.1 cm³/mol. The number of rotatable bonds is 7. The van der Waals surface area contributed by atoms with E-state index in [2.05, 4.69) is 10.7 Å². The molecule has 3 aromatic rings. The number of alkyl carbamates (subject to hydrolysis) is 1. The van der Waals surface area contributed by atoms with E-state index in [0.717, 1.165) is 16.9 Å².